The van der Waals surface area contributed by atoms with E-state index < -0.39 is 11.6 Å². The van der Waals surface area contributed by atoms with Gasteiger partial charge in [-0.2, -0.15) is 4.98 Å². The molecule has 31 heavy (non-hydrogen) atoms. The van der Waals surface area contributed by atoms with E-state index in [1.54, 1.807) is 6.26 Å². The molecule has 0 atom stereocenters. The molecule has 2 aliphatic heterocycles. The van der Waals surface area contributed by atoms with Gasteiger partial charge in [-0.3, -0.25) is 4.90 Å². The van der Waals surface area contributed by atoms with Gasteiger partial charge in [0, 0.05) is 38.7 Å². The van der Waals surface area contributed by atoms with E-state index in [9.17, 15) is 8.78 Å². The van der Waals surface area contributed by atoms with Crippen molar-refractivity contribution in [3.8, 4) is 11.6 Å². The van der Waals surface area contributed by atoms with E-state index in [1.807, 2.05) is 17.0 Å². The maximum absolute atomic E-state index is 14.3. The minimum atomic E-state index is -0.775. The second-order valence-electron chi connectivity index (χ2n) is 7.57. The second kappa shape index (κ2) is 8.60. The predicted octanol–water partition coefficient (Wildman–Crippen LogP) is 3.54. The van der Waals surface area contributed by atoms with Gasteiger partial charge in [-0.1, -0.05) is 0 Å². The highest BCUT2D eigenvalue weighted by molar-refractivity contribution is 5.44. The van der Waals surface area contributed by atoms with Crippen LogP contribution in [0.4, 0.5) is 14.7 Å². The fraction of sp³-hybridized carbons (Fsp3) is 0.364. The van der Waals surface area contributed by atoms with Crippen molar-refractivity contribution in [1.82, 2.24) is 14.9 Å². The molecule has 0 saturated carbocycles. The van der Waals surface area contributed by atoms with Gasteiger partial charge in [0.15, 0.2) is 11.6 Å². The van der Waals surface area contributed by atoms with Gasteiger partial charge in [0.25, 0.3) is 0 Å². The molecule has 2 aliphatic rings. The van der Waals surface area contributed by atoms with Crippen molar-refractivity contribution >= 4 is 5.95 Å². The van der Waals surface area contributed by atoms with Crippen molar-refractivity contribution < 1.29 is 22.7 Å². The van der Waals surface area contributed by atoms with E-state index in [4.69, 9.17) is 18.9 Å². The van der Waals surface area contributed by atoms with Crippen LogP contribution in [0.1, 0.15) is 17.0 Å². The van der Waals surface area contributed by atoms with Crippen LogP contribution in [0.25, 0.3) is 0 Å². The smallest absolute Gasteiger partial charge is 0.229 e. The number of benzene rings is 1. The van der Waals surface area contributed by atoms with Crippen molar-refractivity contribution in [3.63, 3.8) is 0 Å². The Bertz CT molecular complexity index is 1060. The topological polar surface area (TPSA) is 63.9 Å². The Kier molecular flexibility index (Phi) is 5.52. The number of ether oxygens (including phenoxy) is 2. The number of hydrogen-bond donors (Lipinski definition) is 0. The Labute approximate surface area is 178 Å². The lowest BCUT2D eigenvalue weighted by atomic mass is 10.1. The predicted molar refractivity (Wildman–Crippen MR) is 108 cm³/mol. The molecule has 1 fully saturated rings. The van der Waals surface area contributed by atoms with Crippen LogP contribution in [-0.2, 0) is 24.2 Å². The van der Waals surface area contributed by atoms with Gasteiger partial charge >= 0.3 is 0 Å². The third kappa shape index (κ3) is 4.38. The average Bonchev–Trinajstić information content (AvgIpc) is 3.29. The van der Waals surface area contributed by atoms with Crippen molar-refractivity contribution in [3.05, 3.63) is 65.2 Å². The lowest BCUT2D eigenvalue weighted by Crippen LogP contribution is -2.38. The van der Waals surface area contributed by atoms with Gasteiger partial charge in [0.2, 0.25) is 11.8 Å². The van der Waals surface area contributed by atoms with Crippen LogP contribution in [0.5, 0.6) is 11.6 Å². The molecule has 0 spiro atoms. The third-order valence-corrected chi connectivity index (χ3v) is 5.44. The SMILES string of the molecule is Fc1ccc(Oc2nc(N3CCOCC3)nc3c2CN(Cc2ccco2)CC3)c(F)c1. The first kappa shape index (κ1) is 19.9. The van der Waals surface area contributed by atoms with Gasteiger partial charge in [0.05, 0.1) is 37.3 Å². The van der Waals surface area contributed by atoms with E-state index >= 15 is 0 Å². The lowest BCUT2D eigenvalue weighted by Gasteiger charge is -2.31. The summed E-state index contributed by atoms with van der Waals surface area (Å²) in [6.45, 7) is 4.53. The molecule has 4 heterocycles. The Morgan fingerprint density at radius 1 is 1.06 bits per heavy atom. The summed E-state index contributed by atoms with van der Waals surface area (Å²) < 4.78 is 44.4. The van der Waals surface area contributed by atoms with E-state index in [0.29, 0.717) is 57.6 Å². The molecular weight excluding hydrogens is 406 g/mol. The number of hydrogen-bond acceptors (Lipinski definition) is 7. The molecule has 7 nitrogen and oxygen atoms in total. The number of nitrogens with zero attached hydrogens (tertiary/aromatic N) is 4. The number of furan rings is 1. The summed E-state index contributed by atoms with van der Waals surface area (Å²) in [5.74, 6) is 0.191. The zero-order valence-corrected chi connectivity index (χ0v) is 16.9. The van der Waals surface area contributed by atoms with Crippen molar-refractivity contribution in [2.75, 3.05) is 37.7 Å². The fourth-order valence-electron chi connectivity index (χ4n) is 3.84. The van der Waals surface area contributed by atoms with Gasteiger partial charge in [0.1, 0.15) is 11.6 Å². The first-order chi connectivity index (χ1) is 15.2. The minimum absolute atomic E-state index is 0.0709. The quantitative estimate of drug-likeness (QED) is 0.616. The van der Waals surface area contributed by atoms with Crippen LogP contribution in [0.3, 0.4) is 0 Å². The van der Waals surface area contributed by atoms with Crippen LogP contribution in [0.2, 0.25) is 0 Å². The maximum atomic E-state index is 14.3. The van der Waals surface area contributed by atoms with Crippen molar-refractivity contribution in [2.45, 2.75) is 19.5 Å². The molecule has 5 rings (SSSR count). The van der Waals surface area contributed by atoms with Crippen LogP contribution in [0, 0.1) is 11.6 Å². The van der Waals surface area contributed by atoms with Gasteiger partial charge in [-0.25, -0.2) is 13.8 Å². The maximum Gasteiger partial charge on any atom is 0.229 e. The number of rotatable bonds is 5. The molecule has 162 valence electrons. The standard InChI is InChI=1S/C22H22F2N4O3/c23-15-3-4-20(18(24)12-15)31-21-17-14-27(13-16-2-1-9-30-16)6-5-19(17)25-22(26-21)28-7-10-29-11-8-28/h1-4,9,12H,5-8,10-11,13-14H2. The normalized spacial score (nSPS) is 16.9. The summed E-state index contributed by atoms with van der Waals surface area (Å²) in [4.78, 5) is 13.6. The van der Waals surface area contributed by atoms with Crippen LogP contribution < -0.4 is 9.64 Å². The van der Waals surface area contributed by atoms with Crippen LogP contribution >= 0.6 is 0 Å². The third-order valence-electron chi connectivity index (χ3n) is 5.44. The molecule has 0 amide bonds. The molecule has 0 N–H and O–H groups in total. The highest BCUT2D eigenvalue weighted by Crippen LogP contribution is 2.33. The molecule has 3 aromatic rings. The van der Waals surface area contributed by atoms with E-state index in [2.05, 4.69) is 9.88 Å². The number of anilines is 1. The summed E-state index contributed by atoms with van der Waals surface area (Å²) in [6, 6.07) is 7.03. The van der Waals surface area contributed by atoms with Gasteiger partial charge in [-0.15, -0.1) is 0 Å². The summed E-state index contributed by atoms with van der Waals surface area (Å²) in [5.41, 5.74) is 1.68. The van der Waals surface area contributed by atoms with Gasteiger partial charge < -0.3 is 18.8 Å². The first-order valence-corrected chi connectivity index (χ1v) is 10.3. The molecule has 0 aliphatic carbocycles. The zero-order chi connectivity index (χ0) is 21.2. The summed E-state index contributed by atoms with van der Waals surface area (Å²) in [6.07, 6.45) is 2.36. The molecule has 1 saturated heterocycles. The molecule has 0 unspecified atom stereocenters. The van der Waals surface area contributed by atoms with Crippen molar-refractivity contribution in [1.29, 1.82) is 0 Å². The monoisotopic (exact) mass is 428 g/mol. The second-order valence-corrected chi connectivity index (χ2v) is 7.57. The van der Waals surface area contributed by atoms with Crippen molar-refractivity contribution in [2.24, 2.45) is 0 Å². The Balaban J connectivity index is 1.48. The summed E-state index contributed by atoms with van der Waals surface area (Å²) in [7, 11) is 0. The molecular formula is C22H22F2N4O3. The van der Waals surface area contributed by atoms with Gasteiger partial charge in [-0.05, 0) is 24.3 Å². The number of morpholine rings is 1. The van der Waals surface area contributed by atoms with E-state index in [-0.39, 0.29) is 5.75 Å². The number of fused-ring (bicyclic) bond motifs is 1. The lowest BCUT2D eigenvalue weighted by molar-refractivity contribution is 0.122. The molecule has 0 radical (unpaired) electrons. The summed E-state index contributed by atoms with van der Waals surface area (Å²) >= 11 is 0. The molecule has 2 aromatic heterocycles. The van der Waals surface area contributed by atoms with Crippen LogP contribution in [-0.4, -0.2) is 47.7 Å². The zero-order valence-electron chi connectivity index (χ0n) is 16.9. The Morgan fingerprint density at radius 3 is 2.71 bits per heavy atom. The van der Waals surface area contributed by atoms with E-state index in [0.717, 1.165) is 35.7 Å². The van der Waals surface area contributed by atoms with E-state index in [1.165, 1.54) is 6.07 Å². The molecule has 9 heteroatoms. The first-order valence-electron chi connectivity index (χ1n) is 10.3. The number of halogens is 2. The minimum Gasteiger partial charge on any atom is -0.468 e. The Hall–Kier alpha value is -3.04. The average molecular weight is 428 g/mol. The molecule has 1 aromatic carbocycles. The largest absolute Gasteiger partial charge is 0.468 e. The highest BCUT2D eigenvalue weighted by atomic mass is 19.1. The van der Waals surface area contributed by atoms with Crippen LogP contribution in [0.15, 0.2) is 41.0 Å². The molecule has 0 bridgehead atoms. The Morgan fingerprint density at radius 2 is 1.94 bits per heavy atom. The fourth-order valence-corrected chi connectivity index (χ4v) is 3.84. The summed E-state index contributed by atoms with van der Waals surface area (Å²) in [5, 5.41) is 0. The highest BCUT2D eigenvalue weighted by Gasteiger charge is 2.27. The number of aromatic nitrogens is 2.